The summed E-state index contributed by atoms with van der Waals surface area (Å²) in [6.45, 7) is 7.91. The lowest BCUT2D eigenvalue weighted by molar-refractivity contribution is 0.396. The SMILES string of the molecule is CNCC1(CNCC(C)(C)c2cc[nH]c2)CC1. The van der Waals surface area contributed by atoms with Crippen LogP contribution in [0.2, 0.25) is 0 Å². The zero-order valence-corrected chi connectivity index (χ0v) is 11.3. The highest BCUT2D eigenvalue weighted by atomic mass is 14.9. The number of aromatic nitrogens is 1. The van der Waals surface area contributed by atoms with Gasteiger partial charge in [-0.3, -0.25) is 0 Å². The second-order valence-corrected chi connectivity index (χ2v) is 6.12. The van der Waals surface area contributed by atoms with Crippen LogP contribution in [0.3, 0.4) is 0 Å². The first-order chi connectivity index (χ1) is 8.08. The number of rotatable bonds is 7. The molecule has 0 unspecified atom stereocenters. The molecule has 0 bridgehead atoms. The van der Waals surface area contributed by atoms with Gasteiger partial charge in [-0.05, 0) is 36.9 Å². The summed E-state index contributed by atoms with van der Waals surface area (Å²) in [7, 11) is 2.05. The average molecular weight is 235 g/mol. The fourth-order valence-electron chi connectivity index (χ4n) is 2.45. The number of hydrogen-bond donors (Lipinski definition) is 3. The largest absolute Gasteiger partial charge is 0.367 e. The Balaban J connectivity index is 1.78. The van der Waals surface area contributed by atoms with Gasteiger partial charge in [0, 0.05) is 37.4 Å². The molecule has 1 fully saturated rings. The van der Waals surface area contributed by atoms with Crippen molar-refractivity contribution in [3.63, 3.8) is 0 Å². The zero-order valence-electron chi connectivity index (χ0n) is 11.3. The van der Waals surface area contributed by atoms with Gasteiger partial charge in [0.15, 0.2) is 0 Å². The van der Waals surface area contributed by atoms with Gasteiger partial charge in [-0.25, -0.2) is 0 Å². The Morgan fingerprint density at radius 2 is 2.12 bits per heavy atom. The molecular formula is C14H25N3. The molecule has 3 nitrogen and oxygen atoms in total. The Bertz CT molecular complexity index is 336. The second kappa shape index (κ2) is 4.83. The van der Waals surface area contributed by atoms with Gasteiger partial charge in [0.1, 0.15) is 0 Å². The first-order valence-electron chi connectivity index (χ1n) is 6.57. The second-order valence-electron chi connectivity index (χ2n) is 6.12. The van der Waals surface area contributed by atoms with Crippen LogP contribution in [0.5, 0.6) is 0 Å². The predicted octanol–water partition coefficient (Wildman–Crippen LogP) is 1.88. The molecule has 1 aromatic heterocycles. The highest BCUT2D eigenvalue weighted by Gasteiger charge is 2.41. The van der Waals surface area contributed by atoms with E-state index >= 15 is 0 Å². The fraction of sp³-hybridized carbons (Fsp3) is 0.714. The Labute approximate surface area is 104 Å². The van der Waals surface area contributed by atoms with E-state index in [0.717, 1.165) is 19.6 Å². The van der Waals surface area contributed by atoms with Crippen molar-refractivity contribution in [3.05, 3.63) is 24.0 Å². The van der Waals surface area contributed by atoms with Crippen molar-refractivity contribution in [1.29, 1.82) is 0 Å². The van der Waals surface area contributed by atoms with Crippen LogP contribution in [0.15, 0.2) is 18.5 Å². The van der Waals surface area contributed by atoms with E-state index in [2.05, 4.69) is 41.7 Å². The molecule has 0 radical (unpaired) electrons. The quantitative estimate of drug-likeness (QED) is 0.675. The first kappa shape index (κ1) is 12.7. The summed E-state index contributed by atoms with van der Waals surface area (Å²) in [6.07, 6.45) is 6.83. The molecule has 0 aliphatic heterocycles. The third kappa shape index (κ3) is 3.11. The van der Waals surface area contributed by atoms with Gasteiger partial charge < -0.3 is 15.6 Å². The van der Waals surface area contributed by atoms with Gasteiger partial charge in [0.25, 0.3) is 0 Å². The van der Waals surface area contributed by atoms with Crippen molar-refractivity contribution < 1.29 is 0 Å². The van der Waals surface area contributed by atoms with Crippen LogP contribution in [0.4, 0.5) is 0 Å². The van der Waals surface area contributed by atoms with Crippen LogP contribution in [-0.4, -0.2) is 31.7 Å². The van der Waals surface area contributed by atoms with Crippen LogP contribution in [0.1, 0.15) is 32.3 Å². The lowest BCUT2D eigenvalue weighted by Gasteiger charge is -2.26. The van der Waals surface area contributed by atoms with Crippen LogP contribution in [0.25, 0.3) is 0 Å². The maximum atomic E-state index is 3.65. The molecule has 1 heterocycles. The highest BCUT2D eigenvalue weighted by Crippen LogP contribution is 2.44. The van der Waals surface area contributed by atoms with E-state index in [1.54, 1.807) is 0 Å². The molecule has 1 aliphatic rings. The molecule has 3 N–H and O–H groups in total. The maximum Gasteiger partial charge on any atom is 0.00439 e. The topological polar surface area (TPSA) is 39.8 Å². The smallest absolute Gasteiger partial charge is 0.00439 e. The minimum Gasteiger partial charge on any atom is -0.367 e. The Morgan fingerprint density at radius 3 is 2.65 bits per heavy atom. The number of hydrogen-bond acceptors (Lipinski definition) is 2. The molecule has 3 heteroatoms. The van der Waals surface area contributed by atoms with E-state index in [0.29, 0.717) is 5.41 Å². The van der Waals surface area contributed by atoms with Gasteiger partial charge in [-0.15, -0.1) is 0 Å². The zero-order chi connectivity index (χ0) is 12.4. The molecule has 2 rings (SSSR count). The molecule has 17 heavy (non-hydrogen) atoms. The molecule has 0 saturated heterocycles. The van der Waals surface area contributed by atoms with Crippen molar-refractivity contribution >= 4 is 0 Å². The lowest BCUT2D eigenvalue weighted by atomic mass is 9.86. The highest BCUT2D eigenvalue weighted by molar-refractivity contribution is 5.20. The van der Waals surface area contributed by atoms with Crippen LogP contribution >= 0.6 is 0 Å². The lowest BCUT2D eigenvalue weighted by Crippen LogP contribution is -2.38. The molecule has 1 saturated carbocycles. The summed E-state index contributed by atoms with van der Waals surface area (Å²) in [5.74, 6) is 0. The molecule has 0 aromatic carbocycles. The van der Waals surface area contributed by atoms with Crippen LogP contribution in [-0.2, 0) is 5.41 Å². The van der Waals surface area contributed by atoms with E-state index in [9.17, 15) is 0 Å². The van der Waals surface area contributed by atoms with Gasteiger partial charge in [0.2, 0.25) is 0 Å². The maximum absolute atomic E-state index is 3.65. The summed E-state index contributed by atoms with van der Waals surface area (Å²) in [4.78, 5) is 3.14. The molecule has 0 atom stereocenters. The van der Waals surface area contributed by atoms with Crippen molar-refractivity contribution in [3.8, 4) is 0 Å². The van der Waals surface area contributed by atoms with E-state index in [-0.39, 0.29) is 5.41 Å². The molecule has 1 aliphatic carbocycles. The molecular weight excluding hydrogens is 210 g/mol. The Morgan fingerprint density at radius 1 is 1.35 bits per heavy atom. The van der Waals surface area contributed by atoms with Gasteiger partial charge >= 0.3 is 0 Å². The molecule has 1 aromatic rings. The van der Waals surface area contributed by atoms with Crippen molar-refractivity contribution in [1.82, 2.24) is 15.6 Å². The average Bonchev–Trinajstić information content (AvgIpc) is 2.83. The Hall–Kier alpha value is -0.800. The van der Waals surface area contributed by atoms with E-state index in [4.69, 9.17) is 0 Å². The molecule has 96 valence electrons. The summed E-state index contributed by atoms with van der Waals surface area (Å²) >= 11 is 0. The minimum atomic E-state index is 0.204. The monoisotopic (exact) mass is 235 g/mol. The number of nitrogens with one attached hydrogen (secondary N) is 3. The van der Waals surface area contributed by atoms with Crippen molar-refractivity contribution in [2.75, 3.05) is 26.7 Å². The van der Waals surface area contributed by atoms with E-state index < -0.39 is 0 Å². The standard InChI is InChI=1S/C14H25N3/c1-13(2,12-4-7-16-8-12)9-17-11-14(5-6-14)10-15-3/h4,7-8,15-17H,5-6,9-11H2,1-3H3. The van der Waals surface area contributed by atoms with Gasteiger partial charge in [-0.1, -0.05) is 13.8 Å². The van der Waals surface area contributed by atoms with E-state index in [1.807, 2.05) is 13.2 Å². The fourth-order valence-corrected chi connectivity index (χ4v) is 2.45. The molecule has 0 amide bonds. The van der Waals surface area contributed by atoms with E-state index in [1.165, 1.54) is 18.4 Å². The summed E-state index contributed by atoms with van der Waals surface area (Å²) < 4.78 is 0. The Kier molecular flexibility index (Phi) is 3.59. The van der Waals surface area contributed by atoms with Crippen LogP contribution in [0, 0.1) is 5.41 Å². The number of H-pyrrole nitrogens is 1. The van der Waals surface area contributed by atoms with Gasteiger partial charge in [-0.2, -0.15) is 0 Å². The normalized spacial score (nSPS) is 18.3. The summed E-state index contributed by atoms with van der Waals surface area (Å²) in [6, 6.07) is 2.17. The summed E-state index contributed by atoms with van der Waals surface area (Å²) in [5.41, 5.74) is 2.13. The predicted molar refractivity (Wildman–Crippen MR) is 72.3 cm³/mol. The van der Waals surface area contributed by atoms with Crippen molar-refractivity contribution in [2.45, 2.75) is 32.1 Å². The summed E-state index contributed by atoms with van der Waals surface area (Å²) in [5, 5.41) is 6.95. The molecule has 0 spiro atoms. The third-order valence-electron chi connectivity index (χ3n) is 3.96. The van der Waals surface area contributed by atoms with Gasteiger partial charge in [0.05, 0.1) is 0 Å². The first-order valence-corrected chi connectivity index (χ1v) is 6.57. The van der Waals surface area contributed by atoms with Crippen molar-refractivity contribution in [2.24, 2.45) is 5.41 Å². The third-order valence-corrected chi connectivity index (χ3v) is 3.96. The van der Waals surface area contributed by atoms with Crippen LogP contribution < -0.4 is 10.6 Å². The minimum absolute atomic E-state index is 0.204. The number of aromatic amines is 1.